The number of hydrogen-bond donors (Lipinski definition) is 0. The van der Waals surface area contributed by atoms with Crippen molar-refractivity contribution in [3.05, 3.63) is 39.9 Å². The first-order chi connectivity index (χ1) is 8.06. The minimum Gasteiger partial charge on any atom is -0.494 e. The summed E-state index contributed by atoms with van der Waals surface area (Å²) in [5, 5.41) is 0.00617. The summed E-state index contributed by atoms with van der Waals surface area (Å²) in [5.74, 6) is 0.0613. The quantitative estimate of drug-likeness (QED) is 0.810. The Morgan fingerprint density at radius 3 is 2.53 bits per heavy atom. The molecule has 0 saturated heterocycles. The van der Waals surface area contributed by atoms with Gasteiger partial charge in [0.2, 0.25) is 5.78 Å². The molecular formula is C13H11ClO3. The molecule has 2 rings (SSSR count). The highest BCUT2D eigenvalue weighted by atomic mass is 35.5. The van der Waals surface area contributed by atoms with Crippen molar-refractivity contribution in [2.75, 3.05) is 6.61 Å². The van der Waals surface area contributed by atoms with Crippen LogP contribution in [0.2, 0.25) is 0 Å². The number of benzene rings is 1. The van der Waals surface area contributed by atoms with Crippen LogP contribution in [0, 0.1) is 0 Å². The van der Waals surface area contributed by atoms with Crippen LogP contribution in [0.4, 0.5) is 0 Å². The molecule has 17 heavy (non-hydrogen) atoms. The predicted octanol–water partition coefficient (Wildman–Crippen LogP) is 2.98. The lowest BCUT2D eigenvalue weighted by Gasteiger charge is -2.16. The van der Waals surface area contributed by atoms with E-state index in [-0.39, 0.29) is 22.2 Å². The van der Waals surface area contributed by atoms with Crippen molar-refractivity contribution >= 4 is 23.2 Å². The monoisotopic (exact) mass is 250 g/mol. The fraction of sp³-hybridized carbons (Fsp3) is 0.231. The zero-order valence-corrected chi connectivity index (χ0v) is 10.3. The first-order valence-corrected chi connectivity index (χ1v) is 5.66. The largest absolute Gasteiger partial charge is 0.494 e. The van der Waals surface area contributed by atoms with Gasteiger partial charge in [-0.3, -0.25) is 9.59 Å². The predicted molar refractivity (Wildman–Crippen MR) is 64.8 cm³/mol. The molecule has 0 bridgehead atoms. The molecule has 0 radical (unpaired) electrons. The molecule has 0 fully saturated rings. The van der Waals surface area contributed by atoms with Crippen LogP contribution in [0.5, 0.6) is 5.75 Å². The summed E-state index contributed by atoms with van der Waals surface area (Å²) in [6.07, 6.45) is 0. The maximum atomic E-state index is 12.0. The number of carbonyl (C=O) groups is 2. The van der Waals surface area contributed by atoms with Gasteiger partial charge in [-0.15, -0.1) is 0 Å². The molecule has 0 amide bonds. The SMILES string of the molecule is CCOc1ccc2c(c1)C(=O)C(C)=C(Cl)C2=O. The van der Waals surface area contributed by atoms with Gasteiger partial charge in [0.25, 0.3) is 0 Å². The minimum absolute atomic E-state index is 0.00617. The van der Waals surface area contributed by atoms with Crippen molar-refractivity contribution in [2.24, 2.45) is 0 Å². The molecule has 1 aliphatic carbocycles. The number of hydrogen-bond acceptors (Lipinski definition) is 3. The van der Waals surface area contributed by atoms with Crippen LogP contribution < -0.4 is 4.74 Å². The lowest BCUT2D eigenvalue weighted by atomic mass is 9.90. The Morgan fingerprint density at radius 1 is 1.18 bits per heavy atom. The van der Waals surface area contributed by atoms with Gasteiger partial charge >= 0.3 is 0 Å². The van der Waals surface area contributed by atoms with E-state index in [1.807, 2.05) is 6.92 Å². The first-order valence-electron chi connectivity index (χ1n) is 5.29. The third kappa shape index (κ3) is 1.87. The number of ether oxygens (including phenoxy) is 1. The summed E-state index contributed by atoms with van der Waals surface area (Å²) in [6.45, 7) is 3.92. The van der Waals surface area contributed by atoms with Crippen LogP contribution in [-0.2, 0) is 0 Å². The summed E-state index contributed by atoms with van der Waals surface area (Å²) >= 11 is 5.82. The van der Waals surface area contributed by atoms with Crippen LogP contribution in [0.3, 0.4) is 0 Å². The Morgan fingerprint density at radius 2 is 1.88 bits per heavy atom. The Balaban J connectivity index is 2.56. The van der Waals surface area contributed by atoms with Crippen molar-refractivity contribution in [1.82, 2.24) is 0 Å². The molecule has 0 aromatic heterocycles. The second kappa shape index (κ2) is 4.34. The van der Waals surface area contributed by atoms with Gasteiger partial charge in [-0.05, 0) is 32.0 Å². The average Bonchev–Trinajstić information content (AvgIpc) is 2.34. The van der Waals surface area contributed by atoms with Gasteiger partial charge in [0.15, 0.2) is 5.78 Å². The van der Waals surface area contributed by atoms with Crippen LogP contribution in [-0.4, -0.2) is 18.2 Å². The molecule has 1 aliphatic rings. The van der Waals surface area contributed by atoms with Crippen LogP contribution >= 0.6 is 11.6 Å². The van der Waals surface area contributed by atoms with Crippen LogP contribution in [0.25, 0.3) is 0 Å². The molecule has 0 spiro atoms. The van der Waals surface area contributed by atoms with Crippen LogP contribution in [0.1, 0.15) is 34.6 Å². The topological polar surface area (TPSA) is 43.4 Å². The lowest BCUT2D eigenvalue weighted by Crippen LogP contribution is -2.18. The van der Waals surface area contributed by atoms with Gasteiger partial charge in [0.1, 0.15) is 5.75 Å². The molecule has 0 atom stereocenters. The molecule has 4 heteroatoms. The van der Waals surface area contributed by atoms with Crippen molar-refractivity contribution in [2.45, 2.75) is 13.8 Å². The first kappa shape index (κ1) is 11.9. The van der Waals surface area contributed by atoms with Crippen LogP contribution in [0.15, 0.2) is 28.8 Å². The van der Waals surface area contributed by atoms with E-state index >= 15 is 0 Å². The zero-order valence-electron chi connectivity index (χ0n) is 9.54. The number of ketones is 2. The highest BCUT2D eigenvalue weighted by Crippen LogP contribution is 2.30. The fourth-order valence-electron chi connectivity index (χ4n) is 1.76. The Kier molecular flexibility index (Phi) is 3.03. The number of allylic oxidation sites excluding steroid dienone is 2. The normalized spacial score (nSPS) is 15.0. The third-order valence-corrected chi connectivity index (χ3v) is 3.12. The third-order valence-electron chi connectivity index (χ3n) is 2.66. The zero-order chi connectivity index (χ0) is 12.6. The van der Waals surface area contributed by atoms with Gasteiger partial charge in [0.05, 0.1) is 11.6 Å². The maximum absolute atomic E-state index is 12.0. The van der Waals surface area contributed by atoms with Gasteiger partial charge in [-0.2, -0.15) is 0 Å². The van der Waals surface area contributed by atoms with E-state index in [1.165, 1.54) is 0 Å². The van der Waals surface area contributed by atoms with E-state index in [0.29, 0.717) is 23.5 Å². The highest BCUT2D eigenvalue weighted by Gasteiger charge is 2.29. The molecule has 1 aromatic rings. The van der Waals surface area contributed by atoms with E-state index in [1.54, 1.807) is 25.1 Å². The van der Waals surface area contributed by atoms with E-state index in [2.05, 4.69) is 0 Å². The summed E-state index contributed by atoms with van der Waals surface area (Å²) < 4.78 is 5.31. The van der Waals surface area contributed by atoms with E-state index in [9.17, 15) is 9.59 Å². The van der Waals surface area contributed by atoms with Gasteiger partial charge < -0.3 is 4.74 Å². The van der Waals surface area contributed by atoms with E-state index in [4.69, 9.17) is 16.3 Å². The summed E-state index contributed by atoms with van der Waals surface area (Å²) in [7, 11) is 0. The number of Topliss-reactive ketones (excluding diaryl/α,β-unsaturated/α-hetero) is 2. The minimum atomic E-state index is -0.304. The molecular weight excluding hydrogens is 240 g/mol. The van der Waals surface area contributed by atoms with Gasteiger partial charge in [-0.1, -0.05) is 11.6 Å². The number of carbonyl (C=O) groups excluding carboxylic acids is 2. The molecule has 0 aliphatic heterocycles. The molecule has 0 N–H and O–H groups in total. The molecule has 0 heterocycles. The van der Waals surface area contributed by atoms with E-state index in [0.717, 1.165) is 0 Å². The standard InChI is InChI=1S/C13H11ClO3/c1-3-17-8-4-5-9-10(6-8)12(15)7(2)11(14)13(9)16/h4-6H,3H2,1-2H3. The van der Waals surface area contributed by atoms with Crippen molar-refractivity contribution < 1.29 is 14.3 Å². The smallest absolute Gasteiger partial charge is 0.205 e. The van der Waals surface area contributed by atoms with Crippen molar-refractivity contribution in [3.8, 4) is 5.75 Å². The van der Waals surface area contributed by atoms with Gasteiger partial charge in [-0.25, -0.2) is 0 Å². The Labute approximate surface area is 104 Å². The fourth-order valence-corrected chi connectivity index (χ4v) is 1.94. The molecule has 1 aromatic carbocycles. The molecule has 3 nitrogen and oxygen atoms in total. The average molecular weight is 251 g/mol. The Hall–Kier alpha value is -1.61. The van der Waals surface area contributed by atoms with E-state index < -0.39 is 0 Å². The molecule has 0 unspecified atom stereocenters. The second-order valence-electron chi connectivity index (χ2n) is 3.74. The summed E-state index contributed by atoms with van der Waals surface area (Å²) in [5.41, 5.74) is 0.995. The Bertz CT molecular complexity index is 544. The second-order valence-corrected chi connectivity index (χ2v) is 4.12. The summed E-state index contributed by atoms with van der Waals surface area (Å²) in [4.78, 5) is 23.8. The molecule has 88 valence electrons. The lowest BCUT2D eigenvalue weighted by molar-refractivity contribution is 0.0980. The number of halogens is 1. The molecule has 0 saturated carbocycles. The maximum Gasteiger partial charge on any atom is 0.205 e. The number of fused-ring (bicyclic) bond motifs is 1. The van der Waals surface area contributed by atoms with Gasteiger partial charge in [0, 0.05) is 16.7 Å². The number of rotatable bonds is 2. The highest BCUT2D eigenvalue weighted by molar-refractivity contribution is 6.49. The van der Waals surface area contributed by atoms with Crippen molar-refractivity contribution in [1.29, 1.82) is 0 Å². The summed E-state index contributed by atoms with van der Waals surface area (Å²) in [6, 6.07) is 4.83. The van der Waals surface area contributed by atoms with Crippen molar-refractivity contribution in [3.63, 3.8) is 0 Å².